The third-order valence-electron chi connectivity index (χ3n) is 4.09. The second-order valence-corrected chi connectivity index (χ2v) is 6.74. The van der Waals surface area contributed by atoms with E-state index in [2.05, 4.69) is 44.8 Å². The lowest BCUT2D eigenvalue weighted by atomic mass is 9.98. The number of benzene rings is 1. The van der Waals surface area contributed by atoms with Gasteiger partial charge in [-0.1, -0.05) is 47.7 Å². The zero-order chi connectivity index (χ0) is 16.2. The van der Waals surface area contributed by atoms with Crippen molar-refractivity contribution in [3.8, 4) is 10.7 Å². The van der Waals surface area contributed by atoms with Crippen molar-refractivity contribution in [2.75, 3.05) is 11.9 Å². The minimum Gasteiger partial charge on any atom is -0.373 e. The first-order chi connectivity index (χ1) is 11.9. The first-order valence-electron chi connectivity index (χ1n) is 8.06. The number of nitrogens with zero attached hydrogens (tertiary/aromatic N) is 3. The van der Waals surface area contributed by atoms with Crippen LogP contribution < -0.4 is 5.32 Å². The number of hydrogen-bond donors (Lipinski definition) is 1. The van der Waals surface area contributed by atoms with Crippen molar-refractivity contribution < 1.29 is 4.74 Å². The maximum atomic E-state index is 5.92. The Hall–Kier alpha value is -2.31. The van der Waals surface area contributed by atoms with Crippen molar-refractivity contribution in [2.24, 2.45) is 0 Å². The van der Waals surface area contributed by atoms with Gasteiger partial charge in [-0.2, -0.15) is 0 Å². The Balaban J connectivity index is 1.43. The first kappa shape index (κ1) is 15.2. The molecule has 2 atom stereocenters. The smallest absolute Gasteiger partial charge is 0.206 e. The molecular formula is C18H18N4OS. The average molecular weight is 338 g/mol. The highest BCUT2D eigenvalue weighted by atomic mass is 32.1. The number of ether oxygens (including phenoxy) is 1. The quantitative estimate of drug-likeness (QED) is 0.781. The van der Waals surface area contributed by atoms with Gasteiger partial charge < -0.3 is 10.1 Å². The zero-order valence-corrected chi connectivity index (χ0v) is 13.9. The van der Waals surface area contributed by atoms with Crippen LogP contribution in [0.4, 0.5) is 5.13 Å². The number of hydrogen-bond acceptors (Lipinski definition) is 6. The fourth-order valence-electron chi connectivity index (χ4n) is 2.88. The summed E-state index contributed by atoms with van der Waals surface area (Å²) in [5, 5.41) is 13.7. The second kappa shape index (κ2) is 7.07. The third-order valence-corrected chi connectivity index (χ3v) is 4.97. The van der Waals surface area contributed by atoms with E-state index in [0.29, 0.717) is 6.04 Å². The van der Waals surface area contributed by atoms with Crippen LogP contribution in [0.5, 0.6) is 0 Å². The molecule has 1 aromatic carbocycles. The molecule has 2 aromatic heterocycles. The molecule has 3 aromatic rings. The van der Waals surface area contributed by atoms with E-state index in [1.54, 1.807) is 17.5 Å². The summed E-state index contributed by atoms with van der Waals surface area (Å²) in [5.74, 6) is 0. The Kier molecular flexibility index (Phi) is 4.49. The minimum atomic E-state index is 0.139. The van der Waals surface area contributed by atoms with E-state index in [9.17, 15) is 0 Å². The molecule has 1 saturated heterocycles. The Bertz CT molecular complexity index is 778. The minimum absolute atomic E-state index is 0.139. The maximum Gasteiger partial charge on any atom is 0.206 e. The summed E-state index contributed by atoms with van der Waals surface area (Å²) >= 11 is 1.54. The molecule has 5 nitrogen and oxygen atoms in total. The van der Waals surface area contributed by atoms with Crippen LogP contribution in [-0.2, 0) is 4.74 Å². The fourth-order valence-corrected chi connectivity index (χ4v) is 3.67. The summed E-state index contributed by atoms with van der Waals surface area (Å²) in [6.07, 6.45) is 3.82. The summed E-state index contributed by atoms with van der Waals surface area (Å²) in [5.41, 5.74) is 2.09. The van der Waals surface area contributed by atoms with E-state index in [0.717, 1.165) is 35.3 Å². The predicted molar refractivity (Wildman–Crippen MR) is 94.9 cm³/mol. The molecule has 24 heavy (non-hydrogen) atoms. The number of aromatic nitrogens is 3. The van der Waals surface area contributed by atoms with Gasteiger partial charge >= 0.3 is 0 Å². The fraction of sp³-hybridized carbons (Fsp3) is 0.278. The van der Waals surface area contributed by atoms with E-state index < -0.39 is 0 Å². The van der Waals surface area contributed by atoms with Gasteiger partial charge in [0, 0.05) is 18.8 Å². The summed E-state index contributed by atoms with van der Waals surface area (Å²) in [6.45, 7) is 0.753. The number of anilines is 1. The lowest BCUT2D eigenvalue weighted by Crippen LogP contribution is -2.30. The van der Waals surface area contributed by atoms with Gasteiger partial charge in [0.2, 0.25) is 5.13 Å². The lowest BCUT2D eigenvalue weighted by molar-refractivity contribution is 0.00979. The van der Waals surface area contributed by atoms with E-state index in [4.69, 9.17) is 4.74 Å². The summed E-state index contributed by atoms with van der Waals surface area (Å²) in [4.78, 5) is 4.32. The Morgan fingerprint density at radius 2 is 1.92 bits per heavy atom. The molecule has 2 unspecified atom stereocenters. The molecule has 1 aliphatic heterocycles. The number of nitrogens with one attached hydrogen (secondary N) is 1. The van der Waals surface area contributed by atoms with Gasteiger partial charge in [0.25, 0.3) is 0 Å². The van der Waals surface area contributed by atoms with E-state index in [1.807, 2.05) is 24.3 Å². The average Bonchev–Trinajstić information content (AvgIpc) is 3.12. The van der Waals surface area contributed by atoms with E-state index in [-0.39, 0.29) is 6.10 Å². The van der Waals surface area contributed by atoms with Crippen molar-refractivity contribution in [1.82, 2.24) is 15.2 Å². The van der Waals surface area contributed by atoms with E-state index >= 15 is 0 Å². The van der Waals surface area contributed by atoms with Gasteiger partial charge in [0.1, 0.15) is 5.69 Å². The summed E-state index contributed by atoms with van der Waals surface area (Å²) in [7, 11) is 0. The summed E-state index contributed by atoms with van der Waals surface area (Å²) in [6, 6.07) is 16.5. The number of rotatable bonds is 4. The molecule has 0 bridgehead atoms. The lowest BCUT2D eigenvalue weighted by Gasteiger charge is -2.30. The van der Waals surface area contributed by atoms with Crippen molar-refractivity contribution in [3.63, 3.8) is 0 Å². The molecule has 0 radical (unpaired) electrons. The highest BCUT2D eigenvalue weighted by Crippen LogP contribution is 2.31. The standard InChI is InChI=1S/C18H18N4OS/c1-2-6-13(7-3-1)16-12-14(9-11-23-16)20-18-22-21-17(24-18)15-8-4-5-10-19-15/h1-8,10,14,16H,9,11-12H2,(H,20,22). The molecule has 4 rings (SSSR count). The molecule has 3 heterocycles. The van der Waals surface area contributed by atoms with Crippen LogP contribution in [0.3, 0.4) is 0 Å². The van der Waals surface area contributed by atoms with Gasteiger partial charge in [0.05, 0.1) is 6.10 Å². The van der Waals surface area contributed by atoms with E-state index in [1.165, 1.54) is 5.56 Å². The predicted octanol–water partition coefficient (Wildman–Crippen LogP) is 3.93. The largest absolute Gasteiger partial charge is 0.373 e. The van der Waals surface area contributed by atoms with Crippen LogP contribution in [-0.4, -0.2) is 27.8 Å². The van der Waals surface area contributed by atoms with Crippen LogP contribution in [0.2, 0.25) is 0 Å². The molecular weight excluding hydrogens is 320 g/mol. The molecule has 122 valence electrons. The van der Waals surface area contributed by atoms with Crippen LogP contribution in [0.15, 0.2) is 54.7 Å². The van der Waals surface area contributed by atoms with Crippen LogP contribution in [0.1, 0.15) is 24.5 Å². The third kappa shape index (κ3) is 3.44. The monoisotopic (exact) mass is 338 g/mol. The van der Waals surface area contributed by atoms with Gasteiger partial charge in [-0.15, -0.1) is 10.2 Å². The molecule has 1 aliphatic rings. The van der Waals surface area contributed by atoms with Crippen molar-refractivity contribution in [3.05, 3.63) is 60.3 Å². The number of pyridine rings is 1. The summed E-state index contributed by atoms with van der Waals surface area (Å²) < 4.78 is 5.92. The zero-order valence-electron chi connectivity index (χ0n) is 13.1. The topological polar surface area (TPSA) is 59.9 Å². The van der Waals surface area contributed by atoms with Gasteiger partial charge in [-0.25, -0.2) is 0 Å². The van der Waals surface area contributed by atoms with Crippen LogP contribution >= 0.6 is 11.3 Å². The molecule has 0 amide bonds. The first-order valence-corrected chi connectivity index (χ1v) is 8.88. The molecule has 6 heteroatoms. The molecule has 0 aliphatic carbocycles. The van der Waals surface area contributed by atoms with Crippen molar-refractivity contribution in [2.45, 2.75) is 25.0 Å². The van der Waals surface area contributed by atoms with Crippen LogP contribution in [0, 0.1) is 0 Å². The van der Waals surface area contributed by atoms with Crippen LogP contribution in [0.25, 0.3) is 10.7 Å². The van der Waals surface area contributed by atoms with Crippen molar-refractivity contribution in [1.29, 1.82) is 0 Å². The Morgan fingerprint density at radius 3 is 2.75 bits per heavy atom. The van der Waals surface area contributed by atoms with Gasteiger partial charge in [0.15, 0.2) is 5.01 Å². The highest BCUT2D eigenvalue weighted by molar-refractivity contribution is 7.18. The molecule has 1 N–H and O–H groups in total. The normalized spacial score (nSPS) is 20.7. The Labute approximate surface area is 144 Å². The molecule has 1 fully saturated rings. The molecule has 0 saturated carbocycles. The Morgan fingerprint density at radius 1 is 1.04 bits per heavy atom. The van der Waals surface area contributed by atoms with Gasteiger partial charge in [-0.3, -0.25) is 4.98 Å². The highest BCUT2D eigenvalue weighted by Gasteiger charge is 2.24. The van der Waals surface area contributed by atoms with Gasteiger partial charge in [-0.05, 0) is 30.5 Å². The molecule has 0 spiro atoms. The van der Waals surface area contributed by atoms with Crippen molar-refractivity contribution >= 4 is 16.5 Å². The maximum absolute atomic E-state index is 5.92. The second-order valence-electron chi connectivity index (χ2n) is 5.76. The SMILES string of the molecule is c1ccc(C2CC(Nc3nnc(-c4ccccn4)s3)CCO2)cc1.